The van der Waals surface area contributed by atoms with Gasteiger partial charge in [0.2, 0.25) is 11.7 Å². The third kappa shape index (κ3) is 1.99. The average molecular weight is 282 g/mol. The van der Waals surface area contributed by atoms with Crippen molar-refractivity contribution in [3.05, 3.63) is 40.2 Å². The summed E-state index contributed by atoms with van der Waals surface area (Å²) in [6.07, 6.45) is 0. The molecule has 0 bridgehead atoms. The van der Waals surface area contributed by atoms with E-state index < -0.39 is 5.97 Å². The summed E-state index contributed by atoms with van der Waals surface area (Å²) < 4.78 is 6.12. The van der Waals surface area contributed by atoms with Crippen LogP contribution in [0.15, 0.2) is 33.2 Å². The summed E-state index contributed by atoms with van der Waals surface area (Å²) in [7, 11) is 0. The second-order valence-electron chi connectivity index (χ2n) is 3.25. The van der Waals surface area contributed by atoms with Gasteiger partial charge < -0.3 is 9.52 Å². The van der Waals surface area contributed by atoms with Crippen LogP contribution in [0.5, 0.6) is 0 Å². The number of aryl methyl sites for hydroxylation is 1. The highest BCUT2D eigenvalue weighted by Crippen LogP contribution is 2.23. The van der Waals surface area contributed by atoms with Crippen molar-refractivity contribution < 1.29 is 14.3 Å². The molecule has 0 spiro atoms. The van der Waals surface area contributed by atoms with Crippen molar-refractivity contribution in [3.63, 3.8) is 0 Å². The summed E-state index contributed by atoms with van der Waals surface area (Å²) in [6.45, 7) is 1.61. The van der Waals surface area contributed by atoms with Crippen molar-refractivity contribution in [2.24, 2.45) is 0 Å². The minimum absolute atomic E-state index is 0.113. The monoisotopic (exact) mass is 281 g/mol. The molecular weight excluding hydrogens is 274 g/mol. The van der Waals surface area contributed by atoms with E-state index in [0.717, 1.165) is 10.0 Å². The Balaban J connectivity index is 2.45. The van der Waals surface area contributed by atoms with Gasteiger partial charge in [0.25, 0.3) is 0 Å². The quantitative estimate of drug-likeness (QED) is 0.919. The van der Waals surface area contributed by atoms with Crippen molar-refractivity contribution in [3.8, 4) is 11.5 Å². The van der Waals surface area contributed by atoms with Gasteiger partial charge in [0.05, 0.1) is 5.69 Å². The number of hydrogen-bond donors (Lipinski definition) is 1. The zero-order valence-corrected chi connectivity index (χ0v) is 9.98. The van der Waals surface area contributed by atoms with Crippen LogP contribution in [0.25, 0.3) is 11.5 Å². The van der Waals surface area contributed by atoms with E-state index in [-0.39, 0.29) is 5.76 Å². The number of carboxylic acids is 1. The molecule has 0 radical (unpaired) electrons. The molecule has 0 saturated carbocycles. The lowest BCUT2D eigenvalue weighted by molar-refractivity contribution is 0.0662. The molecule has 0 fully saturated rings. The van der Waals surface area contributed by atoms with Gasteiger partial charge in [-0.2, -0.15) is 0 Å². The third-order valence-electron chi connectivity index (χ3n) is 2.08. The number of halogens is 1. The van der Waals surface area contributed by atoms with E-state index in [0.29, 0.717) is 11.6 Å². The smallest absolute Gasteiger partial charge is 0.373 e. The first-order valence-corrected chi connectivity index (χ1v) is 5.34. The number of nitrogens with zero attached hydrogens (tertiary/aromatic N) is 1. The molecule has 0 saturated heterocycles. The molecule has 0 atom stereocenters. The lowest BCUT2D eigenvalue weighted by atomic mass is 10.2. The van der Waals surface area contributed by atoms with Crippen LogP contribution in [0.4, 0.5) is 0 Å². The van der Waals surface area contributed by atoms with Crippen molar-refractivity contribution in [1.82, 2.24) is 4.98 Å². The van der Waals surface area contributed by atoms with Gasteiger partial charge in [-0.1, -0.05) is 15.9 Å². The maximum absolute atomic E-state index is 10.8. The number of aromatic carboxylic acids is 1. The van der Waals surface area contributed by atoms with Crippen LogP contribution in [0, 0.1) is 6.92 Å². The van der Waals surface area contributed by atoms with Gasteiger partial charge in [0, 0.05) is 10.0 Å². The SMILES string of the molecule is Cc1nc(-c2ccc(Br)cc2)oc1C(=O)O. The van der Waals surface area contributed by atoms with Crippen LogP contribution in [0.1, 0.15) is 16.2 Å². The van der Waals surface area contributed by atoms with Crippen molar-refractivity contribution >= 4 is 21.9 Å². The maximum atomic E-state index is 10.8. The largest absolute Gasteiger partial charge is 0.475 e. The molecule has 0 aliphatic heterocycles. The number of hydrogen-bond acceptors (Lipinski definition) is 3. The topological polar surface area (TPSA) is 63.3 Å². The summed E-state index contributed by atoms with van der Waals surface area (Å²) in [5, 5.41) is 8.83. The molecule has 1 N–H and O–H groups in total. The standard InChI is InChI=1S/C11H8BrNO3/c1-6-9(11(14)15)16-10(13-6)7-2-4-8(12)5-3-7/h2-5H,1H3,(H,14,15). The highest BCUT2D eigenvalue weighted by Gasteiger charge is 2.16. The Hall–Kier alpha value is -1.62. The number of aromatic nitrogens is 1. The van der Waals surface area contributed by atoms with Crippen LogP contribution in [-0.2, 0) is 0 Å². The fourth-order valence-corrected chi connectivity index (χ4v) is 1.58. The molecule has 4 nitrogen and oxygen atoms in total. The predicted octanol–water partition coefficient (Wildman–Crippen LogP) is 3.11. The zero-order valence-electron chi connectivity index (χ0n) is 8.40. The molecule has 0 unspecified atom stereocenters. The van der Waals surface area contributed by atoms with E-state index in [4.69, 9.17) is 9.52 Å². The van der Waals surface area contributed by atoms with Gasteiger partial charge in [-0.25, -0.2) is 9.78 Å². The first kappa shape index (κ1) is 10.9. The Bertz CT molecular complexity index is 531. The van der Waals surface area contributed by atoms with Gasteiger partial charge >= 0.3 is 5.97 Å². The average Bonchev–Trinajstić information content (AvgIpc) is 2.61. The Labute approximate surface area is 100 Å². The first-order chi connectivity index (χ1) is 7.58. The molecule has 0 amide bonds. The number of carbonyl (C=O) groups is 1. The van der Waals surface area contributed by atoms with E-state index >= 15 is 0 Å². The van der Waals surface area contributed by atoms with Crippen molar-refractivity contribution in [2.45, 2.75) is 6.92 Å². The molecule has 2 aromatic rings. The fraction of sp³-hybridized carbons (Fsp3) is 0.0909. The Morgan fingerprint density at radius 1 is 1.38 bits per heavy atom. The van der Waals surface area contributed by atoms with Gasteiger partial charge in [-0.15, -0.1) is 0 Å². The lowest BCUT2D eigenvalue weighted by Crippen LogP contribution is -1.95. The molecule has 0 aliphatic rings. The Morgan fingerprint density at radius 3 is 2.50 bits per heavy atom. The van der Waals surface area contributed by atoms with Crippen LogP contribution in [0.3, 0.4) is 0 Å². The summed E-state index contributed by atoms with van der Waals surface area (Å²) >= 11 is 3.32. The van der Waals surface area contributed by atoms with E-state index in [9.17, 15) is 4.79 Å². The maximum Gasteiger partial charge on any atom is 0.373 e. The fourth-order valence-electron chi connectivity index (χ4n) is 1.31. The summed E-state index contributed by atoms with van der Waals surface area (Å²) in [4.78, 5) is 14.8. The van der Waals surface area contributed by atoms with Gasteiger partial charge in [-0.3, -0.25) is 0 Å². The molecule has 1 heterocycles. The number of carboxylic acid groups (broad SMARTS) is 1. The summed E-state index contributed by atoms with van der Waals surface area (Å²) in [6, 6.07) is 7.30. The van der Waals surface area contributed by atoms with Crippen molar-refractivity contribution in [1.29, 1.82) is 0 Å². The molecule has 1 aromatic heterocycles. The second-order valence-corrected chi connectivity index (χ2v) is 4.16. The highest BCUT2D eigenvalue weighted by atomic mass is 79.9. The molecular formula is C11H8BrNO3. The van der Waals surface area contributed by atoms with Crippen LogP contribution in [-0.4, -0.2) is 16.1 Å². The minimum atomic E-state index is -1.10. The van der Waals surface area contributed by atoms with E-state index in [1.807, 2.05) is 12.1 Å². The van der Waals surface area contributed by atoms with Crippen molar-refractivity contribution in [2.75, 3.05) is 0 Å². The van der Waals surface area contributed by atoms with Crippen LogP contribution in [0.2, 0.25) is 0 Å². The van der Waals surface area contributed by atoms with Crippen LogP contribution >= 0.6 is 15.9 Å². The first-order valence-electron chi connectivity index (χ1n) is 4.54. The second kappa shape index (κ2) is 4.09. The van der Waals surface area contributed by atoms with E-state index in [2.05, 4.69) is 20.9 Å². The third-order valence-corrected chi connectivity index (χ3v) is 2.61. The lowest BCUT2D eigenvalue weighted by Gasteiger charge is -1.94. The molecule has 0 aliphatic carbocycles. The van der Waals surface area contributed by atoms with Gasteiger partial charge in [0.1, 0.15) is 0 Å². The molecule has 1 aromatic carbocycles. The highest BCUT2D eigenvalue weighted by molar-refractivity contribution is 9.10. The van der Waals surface area contributed by atoms with E-state index in [1.54, 1.807) is 19.1 Å². The minimum Gasteiger partial charge on any atom is -0.475 e. The molecule has 82 valence electrons. The number of rotatable bonds is 2. The predicted molar refractivity (Wildman–Crippen MR) is 61.3 cm³/mol. The summed E-state index contributed by atoms with van der Waals surface area (Å²) in [5.74, 6) is -0.895. The van der Waals surface area contributed by atoms with E-state index in [1.165, 1.54) is 0 Å². The molecule has 16 heavy (non-hydrogen) atoms. The summed E-state index contributed by atoms with van der Waals surface area (Å²) in [5.41, 5.74) is 1.13. The number of oxazole rings is 1. The van der Waals surface area contributed by atoms with Gasteiger partial charge in [-0.05, 0) is 31.2 Å². The Kier molecular flexibility index (Phi) is 2.78. The molecule has 2 rings (SSSR count). The van der Waals surface area contributed by atoms with Crippen LogP contribution < -0.4 is 0 Å². The normalized spacial score (nSPS) is 10.4. The molecule has 5 heteroatoms. The Morgan fingerprint density at radius 2 is 2.00 bits per heavy atom. The van der Waals surface area contributed by atoms with Gasteiger partial charge in [0.15, 0.2) is 0 Å². The zero-order chi connectivity index (χ0) is 11.7. The number of benzene rings is 1.